The molecule has 1 aromatic rings. The second kappa shape index (κ2) is 11.3. The number of Topliss-reactive ketones (excluding diaryl/α,β-unsaturated/α-hetero) is 1. The molecule has 3 rings (SSSR count). The molecule has 0 atom stereocenters. The Bertz CT molecular complexity index is 891. The number of carbonyl (C=O) groups excluding carboxylic acids is 1. The summed E-state index contributed by atoms with van der Waals surface area (Å²) in [7, 11) is 0. The number of rotatable bonds is 7. The van der Waals surface area contributed by atoms with Crippen LogP contribution in [0.1, 0.15) is 63.4 Å². The Kier molecular flexibility index (Phi) is 8.54. The minimum Gasteiger partial charge on any atom is -0.490 e. The lowest BCUT2D eigenvalue weighted by molar-refractivity contribution is -0.113. The van der Waals surface area contributed by atoms with Crippen molar-refractivity contribution in [2.75, 3.05) is 0 Å². The number of allylic oxidation sites excluding steroid dienone is 3. The minimum absolute atomic E-state index is 0.0866. The molecule has 30 heavy (non-hydrogen) atoms. The van der Waals surface area contributed by atoms with E-state index in [4.69, 9.17) is 33.2 Å². The molecule has 0 saturated heterocycles. The van der Waals surface area contributed by atoms with Crippen molar-refractivity contribution < 1.29 is 9.53 Å². The molecule has 1 fully saturated rings. The van der Waals surface area contributed by atoms with Gasteiger partial charge >= 0.3 is 0 Å². The van der Waals surface area contributed by atoms with Crippen LogP contribution in [-0.2, 0) is 4.79 Å². The van der Waals surface area contributed by atoms with Crippen LogP contribution in [0.2, 0.25) is 5.02 Å². The molecule has 6 heteroatoms. The van der Waals surface area contributed by atoms with Gasteiger partial charge in [-0.3, -0.25) is 9.79 Å². The highest BCUT2D eigenvalue weighted by Crippen LogP contribution is 2.32. The van der Waals surface area contributed by atoms with Crippen molar-refractivity contribution in [2.24, 2.45) is 10.9 Å². The van der Waals surface area contributed by atoms with E-state index in [1.807, 2.05) is 12.2 Å². The summed E-state index contributed by atoms with van der Waals surface area (Å²) in [6.07, 6.45) is 13.8. The number of hydrogen-bond donors (Lipinski definition) is 0. The van der Waals surface area contributed by atoms with Gasteiger partial charge in [0.1, 0.15) is 17.5 Å². The van der Waals surface area contributed by atoms with Crippen molar-refractivity contribution >= 4 is 34.7 Å². The molecule has 0 aromatic heterocycles. The first-order valence-electron chi connectivity index (χ1n) is 10.5. The molecular formula is C24H26Cl2N2O2. The molecule has 0 unspecified atom stereocenters. The van der Waals surface area contributed by atoms with E-state index in [9.17, 15) is 4.79 Å². The van der Waals surface area contributed by atoms with Crippen molar-refractivity contribution in [3.63, 3.8) is 0 Å². The van der Waals surface area contributed by atoms with Crippen molar-refractivity contribution in [1.29, 1.82) is 5.26 Å². The van der Waals surface area contributed by atoms with Crippen molar-refractivity contribution in [2.45, 2.75) is 63.9 Å². The smallest absolute Gasteiger partial charge is 0.181 e. The second-order valence-electron chi connectivity index (χ2n) is 7.86. The molecule has 2 aliphatic rings. The minimum atomic E-state index is 0.0866. The zero-order valence-corrected chi connectivity index (χ0v) is 18.5. The van der Waals surface area contributed by atoms with Gasteiger partial charge in [0, 0.05) is 23.7 Å². The number of ether oxygens (including phenoxy) is 1. The van der Waals surface area contributed by atoms with Gasteiger partial charge in [0.15, 0.2) is 5.78 Å². The zero-order chi connectivity index (χ0) is 21.3. The lowest BCUT2D eigenvalue weighted by Crippen LogP contribution is -2.24. The second-order valence-corrected chi connectivity index (χ2v) is 8.75. The Labute approximate surface area is 188 Å². The average molecular weight is 445 g/mol. The Morgan fingerprint density at radius 1 is 1.23 bits per heavy atom. The molecule has 1 aromatic carbocycles. The monoisotopic (exact) mass is 444 g/mol. The van der Waals surface area contributed by atoms with Gasteiger partial charge in [0.25, 0.3) is 0 Å². The van der Waals surface area contributed by atoms with E-state index in [2.05, 4.69) is 11.1 Å². The maximum atomic E-state index is 12.4. The summed E-state index contributed by atoms with van der Waals surface area (Å²) in [5.74, 6) is 1.44. The molecular weight excluding hydrogens is 419 g/mol. The van der Waals surface area contributed by atoms with Crippen LogP contribution in [0.15, 0.2) is 46.6 Å². The number of carbonyl (C=O) groups is 1. The summed E-state index contributed by atoms with van der Waals surface area (Å²) >= 11 is 12.1. The van der Waals surface area contributed by atoms with Gasteiger partial charge in [0.05, 0.1) is 16.7 Å². The third kappa shape index (κ3) is 6.72. The van der Waals surface area contributed by atoms with Gasteiger partial charge < -0.3 is 4.74 Å². The van der Waals surface area contributed by atoms with Gasteiger partial charge in [-0.25, -0.2) is 0 Å². The fourth-order valence-electron chi connectivity index (χ4n) is 3.90. The highest BCUT2D eigenvalue weighted by Gasteiger charge is 2.23. The molecule has 4 nitrogen and oxygen atoms in total. The topological polar surface area (TPSA) is 62.4 Å². The van der Waals surface area contributed by atoms with Crippen LogP contribution in [0.3, 0.4) is 0 Å². The number of ketones is 1. The van der Waals surface area contributed by atoms with E-state index >= 15 is 0 Å². The van der Waals surface area contributed by atoms with Crippen molar-refractivity contribution in [1.82, 2.24) is 0 Å². The molecule has 1 aliphatic heterocycles. The van der Waals surface area contributed by atoms with Crippen LogP contribution in [0, 0.1) is 17.2 Å². The first-order valence-corrected chi connectivity index (χ1v) is 11.3. The largest absolute Gasteiger partial charge is 0.490 e. The number of hydrogen-bond acceptors (Lipinski definition) is 4. The molecule has 1 aliphatic carbocycles. The van der Waals surface area contributed by atoms with Gasteiger partial charge in [-0.2, -0.15) is 5.26 Å². The quantitative estimate of drug-likeness (QED) is 0.466. The summed E-state index contributed by atoms with van der Waals surface area (Å²) in [5.41, 5.74) is 0.966. The highest BCUT2D eigenvalue weighted by atomic mass is 35.5. The number of aliphatic imine (C=N–C) groups is 1. The summed E-state index contributed by atoms with van der Waals surface area (Å²) < 4.78 is 6.05. The van der Waals surface area contributed by atoms with Gasteiger partial charge in [0.2, 0.25) is 0 Å². The summed E-state index contributed by atoms with van der Waals surface area (Å²) in [6.45, 7) is 0. The van der Waals surface area contributed by atoms with E-state index in [1.54, 1.807) is 24.4 Å². The summed E-state index contributed by atoms with van der Waals surface area (Å²) in [5, 5.41) is 10.1. The van der Waals surface area contributed by atoms with E-state index in [-0.39, 0.29) is 11.9 Å². The molecule has 1 saturated carbocycles. The van der Waals surface area contributed by atoms with Crippen LogP contribution in [0.25, 0.3) is 0 Å². The van der Waals surface area contributed by atoms with Gasteiger partial charge in [-0.15, -0.1) is 0 Å². The zero-order valence-electron chi connectivity index (χ0n) is 16.9. The molecule has 0 amide bonds. The van der Waals surface area contributed by atoms with Crippen molar-refractivity contribution in [3.05, 3.63) is 52.2 Å². The fraction of sp³-hybridized carbons (Fsp3) is 0.458. The maximum Gasteiger partial charge on any atom is 0.181 e. The predicted molar refractivity (Wildman–Crippen MR) is 121 cm³/mol. The van der Waals surface area contributed by atoms with Crippen LogP contribution in [0.4, 0.5) is 0 Å². The molecule has 0 radical (unpaired) electrons. The Balaban J connectivity index is 1.39. The number of nitrogens with zero attached hydrogens (tertiary/aromatic N) is 2. The molecule has 1 heterocycles. The third-order valence-corrected chi connectivity index (χ3v) is 6.23. The maximum absolute atomic E-state index is 12.4. The van der Waals surface area contributed by atoms with Crippen LogP contribution >= 0.6 is 23.2 Å². The molecule has 0 N–H and O–H groups in total. The lowest BCUT2D eigenvalue weighted by atomic mass is 9.84. The van der Waals surface area contributed by atoms with Crippen LogP contribution in [-0.4, -0.2) is 17.6 Å². The van der Waals surface area contributed by atoms with Gasteiger partial charge in [-0.05, 0) is 69.1 Å². The van der Waals surface area contributed by atoms with E-state index in [0.717, 1.165) is 57.1 Å². The number of halogens is 2. The number of benzene rings is 1. The van der Waals surface area contributed by atoms with Crippen molar-refractivity contribution in [3.8, 4) is 11.8 Å². The molecule has 0 bridgehead atoms. The van der Waals surface area contributed by atoms with E-state index < -0.39 is 0 Å². The molecule has 0 spiro atoms. The van der Waals surface area contributed by atoms with Crippen LogP contribution < -0.4 is 4.74 Å². The normalized spacial score (nSPS) is 26.2. The fourth-order valence-corrected chi connectivity index (χ4v) is 4.27. The first-order chi connectivity index (χ1) is 14.5. The third-order valence-electron chi connectivity index (χ3n) is 5.63. The Morgan fingerprint density at radius 2 is 2.03 bits per heavy atom. The lowest BCUT2D eigenvalue weighted by Gasteiger charge is -2.29. The highest BCUT2D eigenvalue weighted by molar-refractivity contribution is 6.44. The first kappa shape index (κ1) is 22.6. The summed E-state index contributed by atoms with van der Waals surface area (Å²) in [6, 6.07) is 7.27. The van der Waals surface area contributed by atoms with E-state index in [0.29, 0.717) is 33.7 Å². The van der Waals surface area contributed by atoms with Crippen LogP contribution in [0.5, 0.6) is 5.75 Å². The van der Waals surface area contributed by atoms with Gasteiger partial charge in [-0.1, -0.05) is 35.7 Å². The van der Waals surface area contributed by atoms with E-state index in [1.165, 1.54) is 0 Å². The summed E-state index contributed by atoms with van der Waals surface area (Å²) in [4.78, 5) is 16.7. The molecule has 158 valence electrons. The standard InChI is InChI=1S/C24H26Cl2N2O2/c25-19-5-1-2-6-23(28-16-19)24(29)7-3-4-17-8-11-20(12-9-17)30-21-13-10-18(15-27)22(26)14-21/h2,6,10,13-14,16-17,20H,1,3-5,7-9,11-12H2/b6-2-,19-16+,28-23+/t17-,20-. The Morgan fingerprint density at radius 3 is 2.77 bits per heavy atom. The average Bonchev–Trinajstić information content (AvgIpc) is 2.72. The SMILES string of the molecule is N#Cc1ccc(O[C@H]2CC[C@H](CCCC(=O)C3=N/C=C(/Cl)CC/C=C\3)CC2)cc1Cl. The number of nitriles is 1. The Hall–Kier alpha value is -2.09. The predicted octanol–water partition coefficient (Wildman–Crippen LogP) is 6.76.